The molecule has 0 fully saturated rings. The van der Waals surface area contributed by atoms with E-state index in [1.54, 1.807) is 0 Å². The first kappa shape index (κ1) is 15.5. The van der Waals surface area contributed by atoms with Gasteiger partial charge in [0.25, 0.3) is 16.9 Å². The number of primary amides is 1. The monoisotopic (exact) mass is 335 g/mol. The van der Waals surface area contributed by atoms with E-state index in [2.05, 4.69) is 11.9 Å². The van der Waals surface area contributed by atoms with E-state index in [0.717, 1.165) is 35.2 Å². The number of carbonyl (C=O) groups excluding carboxylic acids is 1. The molecule has 0 unspecified atom stereocenters. The molecule has 0 saturated carbocycles. The highest BCUT2D eigenvalue weighted by atomic mass is 32.2. The molecule has 0 spiro atoms. The van der Waals surface area contributed by atoms with Gasteiger partial charge in [-0.05, 0) is 36.4 Å². The molecule has 5 N–H and O–H groups in total. The smallest absolute Gasteiger partial charge is 0.287 e. The third kappa shape index (κ3) is 3.07. The first-order valence-electron chi connectivity index (χ1n) is 7.38. The van der Waals surface area contributed by atoms with Gasteiger partial charge in [0.05, 0.1) is 6.54 Å². The Morgan fingerprint density at radius 3 is 2.91 bits per heavy atom. The number of imidazole rings is 1. The summed E-state index contributed by atoms with van der Waals surface area (Å²) in [6.45, 7) is 3.06. The minimum atomic E-state index is -0.565. The van der Waals surface area contributed by atoms with Crippen LogP contribution in [0.5, 0.6) is 11.5 Å². The van der Waals surface area contributed by atoms with Gasteiger partial charge in [-0.15, -0.1) is 0 Å². The molecule has 1 amide bonds. The highest BCUT2D eigenvalue weighted by Gasteiger charge is 2.25. The van der Waals surface area contributed by atoms with Crippen molar-refractivity contribution in [3.05, 3.63) is 23.9 Å². The van der Waals surface area contributed by atoms with Crippen LogP contribution in [-0.2, 0) is 6.54 Å². The second kappa shape index (κ2) is 6.41. The van der Waals surface area contributed by atoms with Gasteiger partial charge >= 0.3 is 0 Å². The molecule has 0 saturated heterocycles. The number of ether oxygens (including phenoxy) is 2. The number of nitrogens with zero attached hydrogens (tertiary/aromatic N) is 1. The largest absolute Gasteiger partial charge is 0.454 e. The van der Waals surface area contributed by atoms with Gasteiger partial charge in [0.2, 0.25) is 12.5 Å². The molecule has 0 radical (unpaired) electrons. The number of H-pyrrole nitrogens is 1. The standard InChI is InChI=1S/C15H18N4O3S/c1-2-3-6-19-13(16)12(14(17)20)18-15(19)23-9-4-5-10-11(7-9)22-8-21-10/h4-5,7H,2-3,6,8H2,1H3,(H4,16,17,20)/p+1. The van der Waals surface area contributed by atoms with Gasteiger partial charge in [-0.3, -0.25) is 9.78 Å². The Labute approximate surface area is 138 Å². The lowest BCUT2D eigenvalue weighted by Crippen LogP contribution is -2.37. The third-order valence-corrected chi connectivity index (χ3v) is 4.57. The van der Waals surface area contributed by atoms with Crippen LogP contribution in [0.4, 0.5) is 5.82 Å². The topological polar surface area (TPSA) is 107 Å². The van der Waals surface area contributed by atoms with Crippen LogP contribution in [0.3, 0.4) is 0 Å². The number of fused-ring (bicyclic) bond motifs is 1. The van der Waals surface area contributed by atoms with E-state index in [0.29, 0.717) is 11.6 Å². The van der Waals surface area contributed by atoms with E-state index >= 15 is 0 Å². The van der Waals surface area contributed by atoms with Gasteiger partial charge in [-0.25, -0.2) is 4.57 Å². The first-order chi connectivity index (χ1) is 11.1. The molecule has 122 valence electrons. The Balaban J connectivity index is 1.91. The highest BCUT2D eigenvalue weighted by Crippen LogP contribution is 2.37. The molecule has 8 heteroatoms. The van der Waals surface area contributed by atoms with Gasteiger partial charge < -0.3 is 20.9 Å². The van der Waals surface area contributed by atoms with E-state index < -0.39 is 5.91 Å². The zero-order chi connectivity index (χ0) is 16.4. The van der Waals surface area contributed by atoms with E-state index in [1.807, 2.05) is 22.8 Å². The quantitative estimate of drug-likeness (QED) is 0.696. The summed E-state index contributed by atoms with van der Waals surface area (Å²) in [7, 11) is 0. The minimum Gasteiger partial charge on any atom is -0.454 e. The van der Waals surface area contributed by atoms with Crippen molar-refractivity contribution in [2.24, 2.45) is 5.73 Å². The number of hydrogen-bond donors (Lipinski definition) is 3. The average Bonchev–Trinajstić information content (AvgIpc) is 3.10. The molecule has 0 atom stereocenters. The van der Waals surface area contributed by atoms with Crippen LogP contribution in [0.2, 0.25) is 0 Å². The summed E-state index contributed by atoms with van der Waals surface area (Å²) in [4.78, 5) is 15.5. The Morgan fingerprint density at radius 2 is 2.17 bits per heavy atom. The molecule has 2 aromatic rings. The number of aromatic nitrogens is 2. The minimum absolute atomic E-state index is 0.237. The predicted octanol–water partition coefficient (Wildman–Crippen LogP) is 1.66. The maximum atomic E-state index is 11.5. The SMILES string of the molecule is CCCC[n+]1c(Sc2ccc3c(c2)OCO3)[nH]c(C(N)=O)c1N. The second-order valence-corrected chi connectivity index (χ2v) is 6.24. The number of aromatic amines is 1. The average molecular weight is 335 g/mol. The molecule has 0 aliphatic carbocycles. The molecule has 2 heterocycles. The van der Waals surface area contributed by atoms with Gasteiger partial charge in [0.1, 0.15) is 0 Å². The van der Waals surface area contributed by atoms with Gasteiger partial charge in [0, 0.05) is 4.90 Å². The van der Waals surface area contributed by atoms with Crippen LogP contribution in [-0.4, -0.2) is 17.7 Å². The summed E-state index contributed by atoms with van der Waals surface area (Å²) in [6.07, 6.45) is 1.98. The normalized spacial score (nSPS) is 12.6. The number of nitrogens with one attached hydrogen (secondary N) is 1. The zero-order valence-electron chi connectivity index (χ0n) is 12.8. The molecule has 1 aliphatic rings. The predicted molar refractivity (Wildman–Crippen MR) is 85.5 cm³/mol. The van der Waals surface area contributed by atoms with E-state index in [4.69, 9.17) is 20.9 Å². The van der Waals surface area contributed by atoms with Crippen molar-refractivity contribution in [1.82, 2.24) is 4.98 Å². The number of nitrogen functional groups attached to an aromatic ring is 1. The summed E-state index contributed by atoms with van der Waals surface area (Å²) in [6, 6.07) is 5.70. The fraction of sp³-hybridized carbons (Fsp3) is 0.333. The fourth-order valence-electron chi connectivity index (χ4n) is 2.34. The van der Waals surface area contributed by atoms with E-state index in [1.165, 1.54) is 11.8 Å². The van der Waals surface area contributed by atoms with Crippen LogP contribution in [0.1, 0.15) is 30.3 Å². The number of benzene rings is 1. The zero-order valence-corrected chi connectivity index (χ0v) is 13.6. The maximum absolute atomic E-state index is 11.5. The number of hydrogen-bond acceptors (Lipinski definition) is 5. The maximum Gasteiger partial charge on any atom is 0.287 e. The molecular weight excluding hydrogens is 316 g/mol. The van der Waals surface area contributed by atoms with Gasteiger partial charge in [-0.1, -0.05) is 13.3 Å². The Kier molecular flexibility index (Phi) is 4.33. The lowest BCUT2D eigenvalue weighted by molar-refractivity contribution is -0.719. The van der Waals surface area contributed by atoms with Gasteiger partial charge in [-0.2, -0.15) is 0 Å². The van der Waals surface area contributed by atoms with Crippen molar-refractivity contribution in [2.45, 2.75) is 36.4 Å². The summed E-state index contributed by atoms with van der Waals surface area (Å²) in [5, 5.41) is 0.767. The number of nitrogens with two attached hydrogens (primary N) is 2. The lowest BCUT2D eigenvalue weighted by Gasteiger charge is -2.04. The van der Waals surface area contributed by atoms with Crippen molar-refractivity contribution in [3.63, 3.8) is 0 Å². The van der Waals surface area contributed by atoms with Crippen LogP contribution in [0.25, 0.3) is 0 Å². The summed E-state index contributed by atoms with van der Waals surface area (Å²) < 4.78 is 12.6. The molecule has 23 heavy (non-hydrogen) atoms. The molecule has 3 rings (SSSR count). The highest BCUT2D eigenvalue weighted by molar-refractivity contribution is 7.99. The number of rotatable bonds is 6. The molecule has 1 aromatic carbocycles. The number of unbranched alkanes of at least 4 members (excludes halogenated alkanes) is 1. The van der Waals surface area contributed by atoms with Gasteiger partial charge in [0.15, 0.2) is 11.5 Å². The van der Waals surface area contributed by atoms with E-state index in [-0.39, 0.29) is 12.5 Å². The van der Waals surface area contributed by atoms with Crippen LogP contribution < -0.4 is 25.5 Å². The first-order valence-corrected chi connectivity index (χ1v) is 8.20. The summed E-state index contributed by atoms with van der Waals surface area (Å²) >= 11 is 1.47. The fourth-order valence-corrected chi connectivity index (χ4v) is 3.32. The number of amides is 1. The van der Waals surface area contributed by atoms with Crippen molar-refractivity contribution in [1.29, 1.82) is 0 Å². The van der Waals surface area contributed by atoms with Crippen molar-refractivity contribution >= 4 is 23.5 Å². The molecule has 1 aromatic heterocycles. The molecule has 1 aliphatic heterocycles. The Hall–Kier alpha value is -2.35. The van der Waals surface area contributed by atoms with Crippen molar-refractivity contribution < 1.29 is 18.8 Å². The van der Waals surface area contributed by atoms with Crippen LogP contribution >= 0.6 is 11.8 Å². The third-order valence-electron chi connectivity index (χ3n) is 3.56. The van der Waals surface area contributed by atoms with E-state index in [9.17, 15) is 4.79 Å². The molecular formula is C15H19N4O3S+. The molecule has 7 nitrogen and oxygen atoms in total. The van der Waals surface area contributed by atoms with Crippen molar-refractivity contribution in [2.75, 3.05) is 12.5 Å². The summed E-state index contributed by atoms with van der Waals surface area (Å²) in [5.74, 6) is 1.25. The number of carbonyl (C=O) groups is 1. The molecule has 0 bridgehead atoms. The Bertz CT molecular complexity index is 745. The van der Waals surface area contributed by atoms with Crippen molar-refractivity contribution in [3.8, 4) is 11.5 Å². The van der Waals surface area contributed by atoms with Crippen LogP contribution in [0.15, 0.2) is 28.3 Å². The lowest BCUT2D eigenvalue weighted by atomic mass is 10.3. The van der Waals surface area contributed by atoms with Crippen LogP contribution in [0, 0.1) is 0 Å². The summed E-state index contributed by atoms with van der Waals surface area (Å²) in [5.41, 5.74) is 11.7. The number of anilines is 1. The Morgan fingerprint density at radius 1 is 1.39 bits per heavy atom. The second-order valence-electron chi connectivity index (χ2n) is 5.18.